The summed E-state index contributed by atoms with van der Waals surface area (Å²) in [7, 11) is 1.26. The number of amides is 2. The molecule has 11 heteroatoms. The fourth-order valence-electron chi connectivity index (χ4n) is 3.45. The predicted molar refractivity (Wildman–Crippen MR) is 134 cm³/mol. The molecule has 1 aliphatic heterocycles. The summed E-state index contributed by atoms with van der Waals surface area (Å²) in [6.07, 6.45) is -0.997. The molecule has 0 N–H and O–H groups in total. The van der Waals surface area contributed by atoms with Crippen LogP contribution in [0.2, 0.25) is 0 Å². The molecule has 1 saturated heterocycles. The first-order valence-corrected chi connectivity index (χ1v) is 12.2. The Morgan fingerprint density at radius 1 is 1.06 bits per heavy atom. The fourth-order valence-corrected chi connectivity index (χ4v) is 3.79. The molecule has 0 saturated carbocycles. The van der Waals surface area contributed by atoms with E-state index in [0.29, 0.717) is 4.47 Å². The standard InChI is InChI=1S/C25H30BrN3O7/c1-25(2,3)36-24(32)29-13-12-28(23(31)35-15-17-8-6-5-7-9-17)14-18(29)16-34-21-19(26)10-11-20(27-21)22(30)33-4/h5-11,18H,12-16H2,1-4H3. The number of carbonyl (C=O) groups is 3. The predicted octanol–water partition coefficient (Wildman–Crippen LogP) is 4.27. The number of ether oxygens (including phenoxy) is 4. The number of halogens is 1. The van der Waals surface area contributed by atoms with Gasteiger partial charge in [0.2, 0.25) is 5.88 Å². The van der Waals surface area contributed by atoms with E-state index in [-0.39, 0.29) is 44.4 Å². The normalized spacial score (nSPS) is 15.8. The SMILES string of the molecule is COC(=O)c1ccc(Br)c(OCC2CN(C(=O)OCc3ccccc3)CCN2C(=O)OC(C)(C)C)n1. The number of esters is 1. The van der Waals surface area contributed by atoms with Crippen LogP contribution >= 0.6 is 15.9 Å². The van der Waals surface area contributed by atoms with Crippen LogP contribution in [0.4, 0.5) is 9.59 Å². The Hall–Kier alpha value is -3.34. The smallest absolute Gasteiger partial charge is 0.410 e. The average Bonchev–Trinajstić information content (AvgIpc) is 2.85. The van der Waals surface area contributed by atoms with E-state index in [0.717, 1.165) is 5.56 Å². The Morgan fingerprint density at radius 3 is 2.44 bits per heavy atom. The molecule has 36 heavy (non-hydrogen) atoms. The highest BCUT2D eigenvalue weighted by Gasteiger charge is 2.36. The number of pyridine rings is 1. The molecule has 0 bridgehead atoms. The average molecular weight is 564 g/mol. The first-order valence-electron chi connectivity index (χ1n) is 11.4. The van der Waals surface area contributed by atoms with Crippen molar-refractivity contribution >= 4 is 34.1 Å². The van der Waals surface area contributed by atoms with Gasteiger partial charge in [0.1, 0.15) is 18.8 Å². The van der Waals surface area contributed by atoms with Crippen LogP contribution in [0.25, 0.3) is 0 Å². The molecule has 2 amide bonds. The molecule has 1 aliphatic rings. The van der Waals surface area contributed by atoms with Gasteiger partial charge in [0.15, 0.2) is 5.69 Å². The third kappa shape index (κ3) is 7.58. The van der Waals surface area contributed by atoms with Crippen LogP contribution in [-0.2, 0) is 20.8 Å². The molecule has 10 nitrogen and oxygen atoms in total. The maximum Gasteiger partial charge on any atom is 0.410 e. The molecule has 194 valence electrons. The lowest BCUT2D eigenvalue weighted by Crippen LogP contribution is -2.59. The number of methoxy groups -OCH3 is 1. The second-order valence-corrected chi connectivity index (χ2v) is 9.95. The van der Waals surface area contributed by atoms with Crippen molar-refractivity contribution in [2.75, 3.05) is 33.4 Å². The summed E-state index contributed by atoms with van der Waals surface area (Å²) in [6.45, 7) is 6.18. The van der Waals surface area contributed by atoms with Crippen molar-refractivity contribution in [3.8, 4) is 5.88 Å². The van der Waals surface area contributed by atoms with Crippen molar-refractivity contribution in [3.63, 3.8) is 0 Å². The second kappa shape index (κ2) is 12.1. The van der Waals surface area contributed by atoms with E-state index in [1.54, 1.807) is 26.8 Å². The van der Waals surface area contributed by atoms with Gasteiger partial charge in [0, 0.05) is 19.6 Å². The van der Waals surface area contributed by atoms with E-state index in [9.17, 15) is 14.4 Å². The van der Waals surface area contributed by atoms with E-state index >= 15 is 0 Å². The van der Waals surface area contributed by atoms with Gasteiger partial charge in [0.25, 0.3) is 0 Å². The zero-order chi connectivity index (χ0) is 26.3. The van der Waals surface area contributed by atoms with E-state index in [2.05, 4.69) is 20.9 Å². The minimum Gasteiger partial charge on any atom is -0.475 e. The van der Waals surface area contributed by atoms with Crippen LogP contribution in [0.5, 0.6) is 5.88 Å². The Balaban J connectivity index is 1.72. The molecule has 2 heterocycles. The Morgan fingerprint density at radius 2 is 1.78 bits per heavy atom. The third-order valence-corrected chi connectivity index (χ3v) is 5.80. The van der Waals surface area contributed by atoms with Crippen LogP contribution in [0.3, 0.4) is 0 Å². The number of piperazine rings is 1. The van der Waals surface area contributed by atoms with Crippen LogP contribution in [0.1, 0.15) is 36.8 Å². The van der Waals surface area contributed by atoms with Crippen molar-refractivity contribution in [3.05, 3.63) is 58.2 Å². The topological polar surface area (TPSA) is 108 Å². The van der Waals surface area contributed by atoms with E-state index in [1.807, 2.05) is 30.3 Å². The van der Waals surface area contributed by atoms with Gasteiger partial charge in [-0.05, 0) is 54.4 Å². The van der Waals surface area contributed by atoms with Crippen LogP contribution in [0, 0.1) is 0 Å². The van der Waals surface area contributed by atoms with Gasteiger partial charge in [-0.15, -0.1) is 0 Å². The third-order valence-electron chi connectivity index (χ3n) is 5.19. The van der Waals surface area contributed by atoms with Crippen LogP contribution in [0.15, 0.2) is 46.9 Å². The molecule has 0 radical (unpaired) electrons. The van der Waals surface area contributed by atoms with E-state index in [1.165, 1.54) is 23.0 Å². The van der Waals surface area contributed by atoms with Gasteiger partial charge in [-0.25, -0.2) is 19.4 Å². The Bertz CT molecular complexity index is 1080. The first-order chi connectivity index (χ1) is 17.1. The van der Waals surface area contributed by atoms with Gasteiger partial charge >= 0.3 is 18.2 Å². The zero-order valence-electron chi connectivity index (χ0n) is 20.7. The largest absolute Gasteiger partial charge is 0.475 e. The number of aromatic nitrogens is 1. The molecule has 0 spiro atoms. The van der Waals surface area contributed by atoms with Gasteiger partial charge in [0.05, 0.1) is 17.6 Å². The zero-order valence-corrected chi connectivity index (χ0v) is 22.3. The lowest BCUT2D eigenvalue weighted by atomic mass is 10.2. The van der Waals surface area contributed by atoms with Crippen molar-refractivity contribution in [1.82, 2.24) is 14.8 Å². The highest BCUT2D eigenvalue weighted by atomic mass is 79.9. The Kier molecular flexibility index (Phi) is 9.14. The van der Waals surface area contributed by atoms with Gasteiger partial charge in [-0.3, -0.25) is 4.90 Å². The lowest BCUT2D eigenvalue weighted by molar-refractivity contribution is -0.0109. The number of hydrogen-bond acceptors (Lipinski definition) is 8. The number of rotatable bonds is 6. The maximum atomic E-state index is 12.9. The monoisotopic (exact) mass is 563 g/mol. The van der Waals surface area contributed by atoms with Crippen LogP contribution < -0.4 is 4.74 Å². The summed E-state index contributed by atoms with van der Waals surface area (Å²) in [5.41, 5.74) is 0.266. The molecule has 1 unspecified atom stereocenters. The fraction of sp³-hybridized carbons (Fsp3) is 0.440. The quantitative estimate of drug-likeness (QED) is 0.378. The maximum absolute atomic E-state index is 12.9. The number of nitrogens with zero attached hydrogens (tertiary/aromatic N) is 3. The summed E-state index contributed by atoms with van der Waals surface area (Å²) < 4.78 is 22.2. The van der Waals surface area contributed by atoms with Crippen LogP contribution in [-0.4, -0.2) is 77.9 Å². The second-order valence-electron chi connectivity index (χ2n) is 9.10. The molecule has 0 aliphatic carbocycles. The van der Waals surface area contributed by atoms with Gasteiger partial charge in [-0.1, -0.05) is 30.3 Å². The summed E-state index contributed by atoms with van der Waals surface area (Å²) >= 11 is 3.36. The van der Waals surface area contributed by atoms with Crippen molar-refractivity contribution in [1.29, 1.82) is 0 Å². The molecule has 1 fully saturated rings. The molecule has 2 aromatic rings. The minimum absolute atomic E-state index is 0.00205. The highest BCUT2D eigenvalue weighted by molar-refractivity contribution is 9.10. The first kappa shape index (κ1) is 27.3. The van der Waals surface area contributed by atoms with Crippen molar-refractivity contribution in [2.45, 2.75) is 39.0 Å². The lowest BCUT2D eigenvalue weighted by Gasteiger charge is -2.40. The summed E-state index contributed by atoms with van der Waals surface area (Å²) in [6, 6.07) is 12.0. The Labute approximate surface area is 218 Å². The molecule has 3 rings (SSSR count). The van der Waals surface area contributed by atoms with Crippen molar-refractivity contribution < 1.29 is 33.3 Å². The highest BCUT2D eigenvalue weighted by Crippen LogP contribution is 2.24. The minimum atomic E-state index is -0.687. The summed E-state index contributed by atoms with van der Waals surface area (Å²) in [5.74, 6) is -0.446. The number of hydrogen-bond donors (Lipinski definition) is 0. The van der Waals surface area contributed by atoms with E-state index in [4.69, 9.17) is 18.9 Å². The molecule has 1 aromatic heterocycles. The number of carbonyl (C=O) groups excluding carboxylic acids is 3. The molecule has 1 aromatic carbocycles. The molecular weight excluding hydrogens is 534 g/mol. The number of benzene rings is 1. The summed E-state index contributed by atoms with van der Waals surface area (Å²) in [5, 5.41) is 0. The van der Waals surface area contributed by atoms with Crippen molar-refractivity contribution in [2.24, 2.45) is 0 Å². The van der Waals surface area contributed by atoms with Gasteiger partial charge < -0.3 is 23.8 Å². The van der Waals surface area contributed by atoms with Gasteiger partial charge in [-0.2, -0.15) is 0 Å². The molecule has 1 atom stereocenters. The van der Waals surface area contributed by atoms with E-state index < -0.39 is 29.8 Å². The molecular formula is C25H30BrN3O7. The summed E-state index contributed by atoms with van der Waals surface area (Å²) in [4.78, 5) is 44.8.